The summed E-state index contributed by atoms with van der Waals surface area (Å²) < 4.78 is 34.5. The lowest BCUT2D eigenvalue weighted by molar-refractivity contribution is -0.174. The van der Waals surface area contributed by atoms with Crippen LogP contribution in [0.5, 0.6) is 0 Å². The molecule has 0 aliphatic heterocycles. The summed E-state index contributed by atoms with van der Waals surface area (Å²) in [5.41, 5.74) is -1.00. The molecule has 0 aliphatic rings. The van der Waals surface area contributed by atoms with Gasteiger partial charge in [-0.15, -0.1) is 0 Å². The molecule has 0 aromatic carbocycles. The van der Waals surface area contributed by atoms with Gasteiger partial charge in [0.05, 0.1) is 0 Å². The van der Waals surface area contributed by atoms with Gasteiger partial charge >= 0.3 is 6.30 Å². The van der Waals surface area contributed by atoms with E-state index in [-0.39, 0.29) is 0 Å². The smallest absolute Gasteiger partial charge is 0.274 e. The summed E-state index contributed by atoms with van der Waals surface area (Å²) in [6.07, 6.45) is -4.62. The van der Waals surface area contributed by atoms with E-state index in [9.17, 15) is 18.0 Å². The van der Waals surface area contributed by atoms with Crippen LogP contribution in [0.25, 0.3) is 0 Å². The zero-order valence-corrected chi connectivity index (χ0v) is 6.54. The molecular formula is C6H10F3NO. The lowest BCUT2D eigenvalue weighted by Gasteiger charge is -2.18. The predicted molar refractivity (Wildman–Crippen MR) is 33.7 cm³/mol. The molecule has 0 fully saturated rings. The lowest BCUT2D eigenvalue weighted by atomic mass is 9.96. The number of carbonyl (C=O) groups excluding carboxylic acids is 1. The first kappa shape index (κ1) is 10.3. The number of amides is 1. The van der Waals surface area contributed by atoms with Crippen LogP contribution in [0.1, 0.15) is 20.8 Å². The maximum atomic E-state index is 11.5. The van der Waals surface area contributed by atoms with Crippen LogP contribution in [0.4, 0.5) is 13.2 Å². The monoisotopic (exact) mass is 169 g/mol. The molecule has 0 spiro atoms. The zero-order valence-electron chi connectivity index (χ0n) is 6.54. The summed E-state index contributed by atoms with van der Waals surface area (Å²) in [4.78, 5) is 10.6. The molecule has 0 saturated heterocycles. The van der Waals surface area contributed by atoms with E-state index in [1.165, 1.54) is 20.8 Å². The van der Waals surface area contributed by atoms with Crippen LogP contribution in [-0.4, -0.2) is 12.2 Å². The highest BCUT2D eigenvalue weighted by Gasteiger charge is 2.34. The Morgan fingerprint density at radius 1 is 1.18 bits per heavy atom. The van der Waals surface area contributed by atoms with Crippen molar-refractivity contribution in [2.75, 3.05) is 0 Å². The van der Waals surface area contributed by atoms with E-state index in [0.717, 1.165) is 5.32 Å². The first-order valence-corrected chi connectivity index (χ1v) is 3.02. The Hall–Kier alpha value is -0.740. The zero-order chi connectivity index (χ0) is 9.28. The van der Waals surface area contributed by atoms with Gasteiger partial charge in [0.2, 0.25) is 5.91 Å². The van der Waals surface area contributed by atoms with E-state index < -0.39 is 17.6 Å². The predicted octanol–water partition coefficient (Wildman–Crippen LogP) is 1.67. The number of alkyl halides is 3. The van der Waals surface area contributed by atoms with Crippen molar-refractivity contribution in [1.29, 1.82) is 0 Å². The largest absolute Gasteiger partial charge is 0.484 e. The number of rotatable bonds is 0. The number of halogens is 3. The third kappa shape index (κ3) is 4.64. The van der Waals surface area contributed by atoms with Crippen LogP contribution in [-0.2, 0) is 4.79 Å². The molecule has 0 saturated carbocycles. The quantitative estimate of drug-likeness (QED) is 0.549. The summed E-state index contributed by atoms with van der Waals surface area (Å²) in [5, 5.41) is 0.920. The Balaban J connectivity index is 4.11. The molecule has 0 heterocycles. The van der Waals surface area contributed by atoms with Crippen molar-refractivity contribution in [3.63, 3.8) is 0 Å². The highest BCUT2D eigenvalue weighted by molar-refractivity contribution is 5.81. The van der Waals surface area contributed by atoms with Crippen molar-refractivity contribution >= 4 is 5.91 Å². The fraction of sp³-hybridized carbons (Fsp3) is 0.833. The second kappa shape index (κ2) is 2.71. The molecule has 2 nitrogen and oxygen atoms in total. The third-order valence-electron chi connectivity index (χ3n) is 0.936. The minimum atomic E-state index is -4.62. The maximum Gasteiger partial charge on any atom is 0.484 e. The molecule has 0 rings (SSSR count). The molecule has 0 aromatic heterocycles. The van der Waals surface area contributed by atoms with Crippen LogP contribution < -0.4 is 5.32 Å². The normalized spacial score (nSPS) is 12.9. The topological polar surface area (TPSA) is 29.1 Å². The van der Waals surface area contributed by atoms with Gasteiger partial charge in [-0.1, -0.05) is 20.8 Å². The van der Waals surface area contributed by atoms with Gasteiger partial charge in [-0.05, 0) is 0 Å². The van der Waals surface area contributed by atoms with Crippen molar-refractivity contribution in [2.24, 2.45) is 5.41 Å². The van der Waals surface area contributed by atoms with Gasteiger partial charge < -0.3 is 0 Å². The van der Waals surface area contributed by atoms with E-state index in [0.29, 0.717) is 0 Å². The van der Waals surface area contributed by atoms with E-state index in [1.807, 2.05) is 0 Å². The molecule has 66 valence electrons. The Morgan fingerprint density at radius 2 is 1.55 bits per heavy atom. The van der Waals surface area contributed by atoms with Crippen molar-refractivity contribution in [2.45, 2.75) is 27.1 Å². The Bertz CT molecular complexity index is 156. The maximum absolute atomic E-state index is 11.5. The number of carbonyl (C=O) groups is 1. The molecule has 1 N–H and O–H groups in total. The molecule has 0 aliphatic carbocycles. The molecule has 0 radical (unpaired) electrons. The second-order valence-electron chi connectivity index (χ2n) is 3.20. The minimum absolute atomic E-state index is 0.920. The molecule has 0 atom stereocenters. The number of nitrogens with one attached hydrogen (secondary N) is 1. The van der Waals surface area contributed by atoms with E-state index in [4.69, 9.17) is 0 Å². The molecule has 11 heavy (non-hydrogen) atoms. The van der Waals surface area contributed by atoms with E-state index >= 15 is 0 Å². The first-order chi connectivity index (χ1) is 4.63. The van der Waals surface area contributed by atoms with Crippen LogP contribution in [0.2, 0.25) is 0 Å². The molecular weight excluding hydrogens is 159 g/mol. The highest BCUT2D eigenvalue weighted by atomic mass is 19.4. The second-order valence-corrected chi connectivity index (χ2v) is 3.20. The van der Waals surface area contributed by atoms with E-state index in [1.54, 1.807) is 0 Å². The van der Waals surface area contributed by atoms with Gasteiger partial charge in [-0.2, -0.15) is 13.2 Å². The van der Waals surface area contributed by atoms with Crippen molar-refractivity contribution < 1.29 is 18.0 Å². The minimum Gasteiger partial charge on any atom is -0.274 e. The Kier molecular flexibility index (Phi) is 2.53. The molecule has 0 unspecified atom stereocenters. The first-order valence-electron chi connectivity index (χ1n) is 3.02. The van der Waals surface area contributed by atoms with Crippen LogP contribution >= 0.6 is 0 Å². The summed E-state index contributed by atoms with van der Waals surface area (Å²) >= 11 is 0. The summed E-state index contributed by atoms with van der Waals surface area (Å²) in [6, 6.07) is 0. The summed E-state index contributed by atoms with van der Waals surface area (Å²) in [5.74, 6) is -1.02. The summed E-state index contributed by atoms with van der Waals surface area (Å²) in [6.45, 7) is 4.23. The Labute approximate surface area is 62.8 Å². The van der Waals surface area contributed by atoms with Crippen LogP contribution in [0, 0.1) is 5.41 Å². The third-order valence-corrected chi connectivity index (χ3v) is 0.936. The lowest BCUT2D eigenvalue weighted by Crippen LogP contribution is -2.43. The number of hydrogen-bond acceptors (Lipinski definition) is 1. The van der Waals surface area contributed by atoms with Crippen molar-refractivity contribution in [3.05, 3.63) is 0 Å². The fourth-order valence-electron chi connectivity index (χ4n) is 0.316. The molecule has 0 aromatic rings. The average molecular weight is 169 g/mol. The van der Waals surface area contributed by atoms with Gasteiger partial charge in [0.25, 0.3) is 0 Å². The molecule has 0 bridgehead atoms. The number of hydrogen-bond donors (Lipinski definition) is 1. The highest BCUT2D eigenvalue weighted by Crippen LogP contribution is 2.17. The van der Waals surface area contributed by atoms with Crippen LogP contribution in [0.15, 0.2) is 0 Å². The Morgan fingerprint density at radius 3 is 1.64 bits per heavy atom. The van der Waals surface area contributed by atoms with Gasteiger partial charge in [0.15, 0.2) is 0 Å². The van der Waals surface area contributed by atoms with Crippen LogP contribution in [0.3, 0.4) is 0 Å². The van der Waals surface area contributed by atoms with Gasteiger partial charge in [-0.25, -0.2) is 0 Å². The fourth-order valence-corrected chi connectivity index (χ4v) is 0.316. The van der Waals surface area contributed by atoms with Gasteiger partial charge in [-0.3, -0.25) is 10.1 Å². The summed E-state index contributed by atoms with van der Waals surface area (Å²) in [7, 11) is 0. The van der Waals surface area contributed by atoms with Crippen molar-refractivity contribution in [1.82, 2.24) is 5.32 Å². The van der Waals surface area contributed by atoms with Gasteiger partial charge in [0, 0.05) is 5.41 Å². The van der Waals surface area contributed by atoms with E-state index in [2.05, 4.69) is 0 Å². The SMILES string of the molecule is CC(C)(C)C(=O)NC(F)(F)F. The standard InChI is InChI=1S/C6H10F3NO/c1-5(2,3)4(11)10-6(7,8)9/h1-3H3,(H,10,11). The van der Waals surface area contributed by atoms with Gasteiger partial charge in [0.1, 0.15) is 0 Å². The average Bonchev–Trinajstić information content (AvgIpc) is 1.56. The molecule has 5 heteroatoms. The molecule has 1 amide bonds. The van der Waals surface area contributed by atoms with Crippen molar-refractivity contribution in [3.8, 4) is 0 Å².